The molecular weight excluding hydrogens is 276 g/mol. The number of carbonyl (C=O) groups is 1. The topological polar surface area (TPSA) is 41.6 Å². The molecular formula is C18H28N2O2. The maximum absolute atomic E-state index is 12.4. The van der Waals surface area contributed by atoms with Crippen LogP contribution in [0.2, 0.25) is 0 Å². The van der Waals surface area contributed by atoms with E-state index < -0.39 is 0 Å². The van der Waals surface area contributed by atoms with E-state index in [1.165, 1.54) is 0 Å². The molecule has 0 unspecified atom stereocenters. The SMILES string of the molecule is CCC(CC)C(=O)N1CCC(Nc2cccc(OC)c2)CC1. The van der Waals surface area contributed by atoms with Crippen molar-refractivity contribution < 1.29 is 9.53 Å². The predicted molar refractivity (Wildman–Crippen MR) is 90.3 cm³/mol. The Hall–Kier alpha value is -1.71. The molecule has 1 aromatic rings. The van der Waals surface area contributed by atoms with Gasteiger partial charge in [0.1, 0.15) is 5.75 Å². The van der Waals surface area contributed by atoms with Crippen molar-refractivity contribution in [2.75, 3.05) is 25.5 Å². The summed E-state index contributed by atoms with van der Waals surface area (Å²) in [6.45, 7) is 5.92. The molecule has 0 bridgehead atoms. The Kier molecular flexibility index (Phi) is 6.10. The number of amides is 1. The molecule has 1 aliphatic heterocycles. The number of rotatable bonds is 6. The zero-order chi connectivity index (χ0) is 15.9. The zero-order valence-corrected chi connectivity index (χ0v) is 14.0. The van der Waals surface area contributed by atoms with Crippen molar-refractivity contribution >= 4 is 11.6 Å². The number of methoxy groups -OCH3 is 1. The van der Waals surface area contributed by atoms with E-state index in [9.17, 15) is 4.79 Å². The van der Waals surface area contributed by atoms with Gasteiger partial charge in [-0.1, -0.05) is 19.9 Å². The molecule has 0 aromatic heterocycles. The third-order valence-electron chi connectivity index (χ3n) is 4.58. The van der Waals surface area contributed by atoms with Crippen LogP contribution in [0, 0.1) is 5.92 Å². The van der Waals surface area contributed by atoms with E-state index in [1.807, 2.05) is 23.1 Å². The summed E-state index contributed by atoms with van der Waals surface area (Å²) in [6, 6.07) is 8.44. The van der Waals surface area contributed by atoms with Crippen molar-refractivity contribution in [3.8, 4) is 5.75 Å². The Morgan fingerprint density at radius 2 is 2.00 bits per heavy atom. The van der Waals surface area contributed by atoms with Crippen molar-refractivity contribution in [1.82, 2.24) is 4.90 Å². The third kappa shape index (κ3) is 4.15. The monoisotopic (exact) mass is 304 g/mol. The highest BCUT2D eigenvalue weighted by Gasteiger charge is 2.26. The number of benzene rings is 1. The zero-order valence-electron chi connectivity index (χ0n) is 14.0. The Labute approximate surface area is 133 Å². The highest BCUT2D eigenvalue weighted by atomic mass is 16.5. The summed E-state index contributed by atoms with van der Waals surface area (Å²) in [5.74, 6) is 1.40. The molecule has 2 rings (SSSR count). The fourth-order valence-electron chi connectivity index (χ4n) is 3.09. The molecule has 1 aliphatic rings. The number of nitrogens with zero attached hydrogens (tertiary/aromatic N) is 1. The van der Waals surface area contributed by atoms with Crippen LogP contribution in [0.5, 0.6) is 5.75 Å². The molecule has 4 heteroatoms. The molecule has 1 fully saturated rings. The molecule has 1 heterocycles. The van der Waals surface area contributed by atoms with Gasteiger partial charge in [0.05, 0.1) is 7.11 Å². The van der Waals surface area contributed by atoms with Crippen LogP contribution in [0.15, 0.2) is 24.3 Å². The molecule has 4 nitrogen and oxygen atoms in total. The van der Waals surface area contributed by atoms with Gasteiger partial charge in [0, 0.05) is 36.8 Å². The fourth-order valence-corrected chi connectivity index (χ4v) is 3.09. The Morgan fingerprint density at radius 3 is 2.59 bits per heavy atom. The largest absolute Gasteiger partial charge is 0.497 e. The highest BCUT2D eigenvalue weighted by Crippen LogP contribution is 2.22. The van der Waals surface area contributed by atoms with Gasteiger partial charge >= 0.3 is 0 Å². The van der Waals surface area contributed by atoms with Crippen LogP contribution in [-0.2, 0) is 4.79 Å². The number of hydrogen-bond donors (Lipinski definition) is 1. The second kappa shape index (κ2) is 8.06. The van der Waals surface area contributed by atoms with Crippen LogP contribution >= 0.6 is 0 Å². The first-order valence-corrected chi connectivity index (χ1v) is 8.37. The first kappa shape index (κ1) is 16.7. The van der Waals surface area contributed by atoms with Gasteiger partial charge in [-0.05, 0) is 37.8 Å². The number of likely N-dealkylation sites (tertiary alicyclic amines) is 1. The van der Waals surface area contributed by atoms with E-state index in [1.54, 1.807) is 7.11 Å². The first-order valence-electron chi connectivity index (χ1n) is 8.37. The molecule has 0 atom stereocenters. The molecule has 1 N–H and O–H groups in total. The van der Waals surface area contributed by atoms with Crippen molar-refractivity contribution in [3.05, 3.63) is 24.3 Å². The minimum Gasteiger partial charge on any atom is -0.497 e. The van der Waals surface area contributed by atoms with Gasteiger partial charge in [0.2, 0.25) is 5.91 Å². The Bertz CT molecular complexity index is 478. The quantitative estimate of drug-likeness (QED) is 0.874. The fraction of sp³-hybridized carbons (Fsp3) is 0.611. The molecule has 1 saturated heterocycles. The van der Waals surface area contributed by atoms with Gasteiger partial charge in [-0.25, -0.2) is 0 Å². The van der Waals surface area contributed by atoms with Gasteiger partial charge < -0.3 is 15.0 Å². The highest BCUT2D eigenvalue weighted by molar-refractivity contribution is 5.78. The lowest BCUT2D eigenvalue weighted by Gasteiger charge is -2.34. The molecule has 1 amide bonds. The van der Waals surface area contributed by atoms with Gasteiger partial charge in [-0.2, -0.15) is 0 Å². The standard InChI is InChI=1S/C18H28N2O2/c1-4-14(5-2)18(21)20-11-9-15(10-12-20)19-16-7-6-8-17(13-16)22-3/h6-8,13-15,19H,4-5,9-12H2,1-3H3. The predicted octanol–water partition coefficient (Wildman–Crippen LogP) is 3.53. The first-order chi connectivity index (χ1) is 10.7. The average Bonchev–Trinajstić information content (AvgIpc) is 2.56. The summed E-state index contributed by atoms with van der Waals surface area (Å²) >= 11 is 0. The lowest BCUT2D eigenvalue weighted by Crippen LogP contribution is -2.44. The van der Waals surface area contributed by atoms with Crippen molar-refractivity contribution in [2.45, 2.75) is 45.6 Å². The van der Waals surface area contributed by atoms with Gasteiger partial charge in [0.25, 0.3) is 0 Å². The van der Waals surface area contributed by atoms with Crippen LogP contribution < -0.4 is 10.1 Å². The smallest absolute Gasteiger partial charge is 0.225 e. The Morgan fingerprint density at radius 1 is 1.32 bits per heavy atom. The van der Waals surface area contributed by atoms with Crippen molar-refractivity contribution in [3.63, 3.8) is 0 Å². The second-order valence-electron chi connectivity index (χ2n) is 5.99. The minimum atomic E-state index is 0.197. The van der Waals surface area contributed by atoms with Crippen LogP contribution in [0.3, 0.4) is 0 Å². The number of anilines is 1. The number of hydrogen-bond acceptors (Lipinski definition) is 3. The number of nitrogens with one attached hydrogen (secondary N) is 1. The van der Waals surface area contributed by atoms with E-state index in [0.29, 0.717) is 11.9 Å². The van der Waals surface area contributed by atoms with Crippen LogP contribution in [-0.4, -0.2) is 37.0 Å². The summed E-state index contributed by atoms with van der Waals surface area (Å²) < 4.78 is 5.25. The van der Waals surface area contributed by atoms with E-state index in [2.05, 4.69) is 25.2 Å². The van der Waals surface area contributed by atoms with Gasteiger partial charge in [-0.15, -0.1) is 0 Å². The number of carbonyl (C=O) groups excluding carboxylic acids is 1. The molecule has 0 aliphatic carbocycles. The molecule has 22 heavy (non-hydrogen) atoms. The maximum Gasteiger partial charge on any atom is 0.225 e. The van der Waals surface area contributed by atoms with Crippen LogP contribution in [0.4, 0.5) is 5.69 Å². The third-order valence-corrected chi connectivity index (χ3v) is 4.58. The lowest BCUT2D eigenvalue weighted by atomic mass is 9.98. The number of ether oxygens (including phenoxy) is 1. The van der Waals surface area contributed by atoms with E-state index >= 15 is 0 Å². The van der Waals surface area contributed by atoms with Crippen LogP contribution in [0.25, 0.3) is 0 Å². The summed E-state index contributed by atoms with van der Waals surface area (Å²) in [4.78, 5) is 14.4. The van der Waals surface area contributed by atoms with Gasteiger partial charge in [-0.3, -0.25) is 4.79 Å². The van der Waals surface area contributed by atoms with Crippen molar-refractivity contribution in [2.24, 2.45) is 5.92 Å². The normalized spacial score (nSPS) is 15.9. The van der Waals surface area contributed by atoms with Gasteiger partial charge in [0.15, 0.2) is 0 Å². The van der Waals surface area contributed by atoms with Crippen LogP contribution in [0.1, 0.15) is 39.5 Å². The summed E-state index contributed by atoms with van der Waals surface area (Å²) in [6.07, 6.45) is 3.89. The Balaban J connectivity index is 1.85. The van der Waals surface area contributed by atoms with E-state index in [0.717, 1.165) is 50.2 Å². The van der Waals surface area contributed by atoms with E-state index in [-0.39, 0.29) is 5.92 Å². The molecule has 0 saturated carbocycles. The maximum atomic E-state index is 12.4. The summed E-state index contributed by atoms with van der Waals surface area (Å²) in [5.41, 5.74) is 1.09. The summed E-state index contributed by atoms with van der Waals surface area (Å²) in [7, 11) is 1.68. The average molecular weight is 304 g/mol. The molecule has 1 aromatic carbocycles. The lowest BCUT2D eigenvalue weighted by molar-refractivity contribution is -0.136. The number of piperidine rings is 1. The molecule has 0 radical (unpaired) electrons. The summed E-state index contributed by atoms with van der Waals surface area (Å²) in [5, 5.41) is 3.55. The van der Waals surface area contributed by atoms with E-state index in [4.69, 9.17) is 4.74 Å². The molecule has 0 spiro atoms. The minimum absolute atomic E-state index is 0.197. The van der Waals surface area contributed by atoms with Crippen molar-refractivity contribution in [1.29, 1.82) is 0 Å². The second-order valence-corrected chi connectivity index (χ2v) is 5.99. The molecule has 122 valence electrons.